The van der Waals surface area contributed by atoms with Crippen molar-refractivity contribution in [3.05, 3.63) is 30.2 Å². The largest absolute Gasteiger partial charge is 0.421 e. The summed E-state index contributed by atoms with van der Waals surface area (Å²) in [5.41, 5.74) is 7.25. The first-order valence-electron chi connectivity index (χ1n) is 6.98. The molecule has 6 nitrogen and oxygen atoms in total. The maximum atomic E-state index is 12.2. The molecule has 0 bridgehead atoms. The van der Waals surface area contributed by atoms with Crippen molar-refractivity contribution >= 4 is 11.6 Å². The van der Waals surface area contributed by atoms with Crippen LogP contribution < -0.4 is 11.1 Å². The molecule has 6 heteroatoms. The van der Waals surface area contributed by atoms with E-state index >= 15 is 0 Å². The Labute approximate surface area is 123 Å². The number of nitrogens with one attached hydrogen (secondary N) is 1. The van der Waals surface area contributed by atoms with Crippen molar-refractivity contribution in [1.82, 2.24) is 10.2 Å². The van der Waals surface area contributed by atoms with Crippen molar-refractivity contribution in [2.75, 3.05) is 5.32 Å². The summed E-state index contributed by atoms with van der Waals surface area (Å²) >= 11 is 0. The highest BCUT2D eigenvalue weighted by Gasteiger charge is 2.21. The summed E-state index contributed by atoms with van der Waals surface area (Å²) in [6.07, 6.45) is 0.846. The molecule has 2 rings (SSSR count). The number of rotatable bonds is 5. The Hall–Kier alpha value is -2.21. The number of hydrogen-bond donors (Lipinski definition) is 2. The Morgan fingerprint density at radius 1 is 1.38 bits per heavy atom. The van der Waals surface area contributed by atoms with E-state index in [9.17, 15) is 4.79 Å². The van der Waals surface area contributed by atoms with Crippen LogP contribution in [0.25, 0.3) is 11.5 Å². The number of nitrogens with two attached hydrogens (primary N) is 1. The van der Waals surface area contributed by atoms with E-state index in [1.54, 1.807) is 13.0 Å². The highest BCUT2D eigenvalue weighted by molar-refractivity contribution is 5.97. The monoisotopic (exact) mass is 288 g/mol. The SMILES string of the molecule is CCC(C)[C@H](N)C(=O)Nc1ccccc1-c1nnc(C)o1. The van der Waals surface area contributed by atoms with Gasteiger partial charge in [-0.05, 0) is 18.1 Å². The molecule has 0 radical (unpaired) electrons. The Morgan fingerprint density at radius 3 is 2.71 bits per heavy atom. The second-order valence-electron chi connectivity index (χ2n) is 5.07. The van der Waals surface area contributed by atoms with Gasteiger partial charge in [-0.25, -0.2) is 0 Å². The molecule has 0 aliphatic rings. The second kappa shape index (κ2) is 6.49. The molecule has 112 valence electrons. The van der Waals surface area contributed by atoms with E-state index in [0.717, 1.165) is 6.42 Å². The average Bonchev–Trinajstić information content (AvgIpc) is 2.92. The van der Waals surface area contributed by atoms with Crippen molar-refractivity contribution in [2.45, 2.75) is 33.2 Å². The lowest BCUT2D eigenvalue weighted by molar-refractivity contribution is -0.118. The van der Waals surface area contributed by atoms with Crippen molar-refractivity contribution in [1.29, 1.82) is 0 Å². The minimum Gasteiger partial charge on any atom is -0.421 e. The van der Waals surface area contributed by atoms with Crippen molar-refractivity contribution in [3.8, 4) is 11.5 Å². The van der Waals surface area contributed by atoms with Crippen molar-refractivity contribution in [3.63, 3.8) is 0 Å². The van der Waals surface area contributed by atoms with E-state index in [2.05, 4.69) is 15.5 Å². The Morgan fingerprint density at radius 2 is 2.10 bits per heavy atom. The number of anilines is 1. The fourth-order valence-electron chi connectivity index (χ4n) is 1.91. The first-order valence-corrected chi connectivity index (χ1v) is 6.98. The lowest BCUT2D eigenvalue weighted by atomic mass is 9.99. The molecule has 1 unspecified atom stereocenters. The topological polar surface area (TPSA) is 94.0 Å². The van der Waals surface area contributed by atoms with Crippen LogP contribution in [0.1, 0.15) is 26.2 Å². The third-order valence-electron chi connectivity index (χ3n) is 3.50. The van der Waals surface area contributed by atoms with Crippen LogP contribution >= 0.6 is 0 Å². The minimum absolute atomic E-state index is 0.114. The predicted molar refractivity (Wildman–Crippen MR) is 80.5 cm³/mol. The van der Waals surface area contributed by atoms with E-state index in [0.29, 0.717) is 23.0 Å². The number of aromatic nitrogens is 2. The first-order chi connectivity index (χ1) is 10.0. The van der Waals surface area contributed by atoms with Gasteiger partial charge in [-0.15, -0.1) is 10.2 Å². The van der Waals surface area contributed by atoms with E-state index in [1.807, 2.05) is 32.0 Å². The minimum atomic E-state index is -0.549. The number of carbonyl (C=O) groups is 1. The molecule has 0 spiro atoms. The zero-order chi connectivity index (χ0) is 15.4. The zero-order valence-electron chi connectivity index (χ0n) is 12.5. The number of carbonyl (C=O) groups excluding carboxylic acids is 1. The quantitative estimate of drug-likeness (QED) is 0.880. The molecule has 0 fully saturated rings. The van der Waals surface area contributed by atoms with Crippen LogP contribution in [0.5, 0.6) is 0 Å². The molecule has 2 atom stereocenters. The Bertz CT molecular complexity index is 624. The lowest BCUT2D eigenvalue weighted by Gasteiger charge is -2.18. The fraction of sp³-hybridized carbons (Fsp3) is 0.400. The van der Waals surface area contributed by atoms with Gasteiger partial charge >= 0.3 is 0 Å². The van der Waals surface area contributed by atoms with Crippen LogP contribution in [0.4, 0.5) is 5.69 Å². The molecular weight excluding hydrogens is 268 g/mol. The molecule has 21 heavy (non-hydrogen) atoms. The normalized spacial score (nSPS) is 13.7. The average molecular weight is 288 g/mol. The highest BCUT2D eigenvalue weighted by atomic mass is 16.4. The summed E-state index contributed by atoms with van der Waals surface area (Å²) in [6, 6.07) is 6.73. The molecule has 0 aliphatic carbocycles. The van der Waals surface area contributed by atoms with Gasteiger partial charge in [-0.1, -0.05) is 32.4 Å². The molecular formula is C15H20N4O2. The van der Waals surface area contributed by atoms with E-state index in [-0.39, 0.29) is 11.8 Å². The molecule has 1 aromatic carbocycles. The van der Waals surface area contributed by atoms with Gasteiger partial charge in [0, 0.05) is 6.92 Å². The van der Waals surface area contributed by atoms with Gasteiger partial charge in [-0.2, -0.15) is 0 Å². The maximum Gasteiger partial charge on any atom is 0.249 e. The summed E-state index contributed by atoms with van der Waals surface area (Å²) in [7, 11) is 0. The summed E-state index contributed by atoms with van der Waals surface area (Å²) in [5.74, 6) is 0.749. The molecule has 1 amide bonds. The van der Waals surface area contributed by atoms with E-state index < -0.39 is 6.04 Å². The molecule has 0 aliphatic heterocycles. The second-order valence-corrected chi connectivity index (χ2v) is 5.07. The van der Waals surface area contributed by atoms with Gasteiger partial charge in [-0.3, -0.25) is 4.79 Å². The molecule has 1 aromatic heterocycles. The number of hydrogen-bond acceptors (Lipinski definition) is 5. The summed E-state index contributed by atoms with van der Waals surface area (Å²) in [4.78, 5) is 12.2. The summed E-state index contributed by atoms with van der Waals surface area (Å²) in [5, 5.41) is 10.6. The van der Waals surface area contributed by atoms with Crippen LogP contribution in [-0.2, 0) is 4.79 Å². The van der Waals surface area contributed by atoms with Gasteiger partial charge < -0.3 is 15.5 Å². The van der Waals surface area contributed by atoms with Crippen LogP contribution in [0, 0.1) is 12.8 Å². The number of para-hydroxylation sites is 1. The third-order valence-corrected chi connectivity index (χ3v) is 3.50. The van der Waals surface area contributed by atoms with Crippen LogP contribution in [0.2, 0.25) is 0 Å². The standard InChI is InChI=1S/C15H20N4O2/c1-4-9(2)13(16)14(20)17-12-8-6-5-7-11(12)15-19-18-10(3)21-15/h5-9,13H,4,16H2,1-3H3,(H,17,20)/t9?,13-/m0/s1. The van der Waals surface area contributed by atoms with Crippen LogP contribution in [-0.4, -0.2) is 22.1 Å². The molecule has 3 N–H and O–H groups in total. The molecule has 0 saturated carbocycles. The predicted octanol–water partition coefficient (Wildman–Crippen LogP) is 2.36. The van der Waals surface area contributed by atoms with E-state index in [4.69, 9.17) is 10.2 Å². The number of nitrogens with zero attached hydrogens (tertiary/aromatic N) is 2. The lowest BCUT2D eigenvalue weighted by Crippen LogP contribution is -2.40. The fourth-order valence-corrected chi connectivity index (χ4v) is 1.91. The van der Waals surface area contributed by atoms with Gasteiger partial charge in [0.05, 0.1) is 17.3 Å². The Kier molecular flexibility index (Phi) is 4.70. The van der Waals surface area contributed by atoms with Gasteiger partial charge in [0.25, 0.3) is 0 Å². The molecule has 1 heterocycles. The first kappa shape index (κ1) is 15.2. The third kappa shape index (κ3) is 3.46. The number of aryl methyl sites for hydroxylation is 1. The molecule has 0 saturated heterocycles. The maximum absolute atomic E-state index is 12.2. The van der Waals surface area contributed by atoms with Crippen molar-refractivity contribution in [2.24, 2.45) is 11.7 Å². The summed E-state index contributed by atoms with van der Waals surface area (Å²) < 4.78 is 5.42. The number of amides is 1. The van der Waals surface area contributed by atoms with Gasteiger partial charge in [0.2, 0.25) is 17.7 Å². The summed E-state index contributed by atoms with van der Waals surface area (Å²) in [6.45, 7) is 5.68. The van der Waals surface area contributed by atoms with Gasteiger partial charge in [0.1, 0.15) is 0 Å². The smallest absolute Gasteiger partial charge is 0.249 e. The molecule has 2 aromatic rings. The van der Waals surface area contributed by atoms with Gasteiger partial charge in [0.15, 0.2) is 0 Å². The zero-order valence-corrected chi connectivity index (χ0v) is 12.5. The van der Waals surface area contributed by atoms with E-state index in [1.165, 1.54) is 0 Å². The highest BCUT2D eigenvalue weighted by Crippen LogP contribution is 2.26. The van der Waals surface area contributed by atoms with Crippen LogP contribution in [0.15, 0.2) is 28.7 Å². The van der Waals surface area contributed by atoms with Crippen molar-refractivity contribution < 1.29 is 9.21 Å². The number of benzene rings is 1. The van der Waals surface area contributed by atoms with Crippen LogP contribution in [0.3, 0.4) is 0 Å². The Balaban J connectivity index is 2.23.